The number of fused-ring (bicyclic) bond motifs is 2. The first kappa shape index (κ1) is 22.0. The second-order valence-electron chi connectivity index (χ2n) is 7.76. The quantitative estimate of drug-likeness (QED) is 0.755. The molecular formula is C17H34Cl2N4O. The molecule has 3 rings (SSSR count). The first-order valence-corrected chi connectivity index (χ1v) is 8.98. The molecule has 0 radical (unpaired) electrons. The van der Waals surface area contributed by atoms with Crippen molar-refractivity contribution in [2.75, 3.05) is 40.3 Å². The number of likely N-dealkylation sites (tertiary alicyclic amines) is 1. The van der Waals surface area contributed by atoms with Gasteiger partial charge in [0.15, 0.2) is 0 Å². The van der Waals surface area contributed by atoms with E-state index in [2.05, 4.69) is 29.2 Å². The van der Waals surface area contributed by atoms with Crippen molar-refractivity contribution in [2.45, 2.75) is 44.2 Å². The molecule has 7 heteroatoms. The lowest BCUT2D eigenvalue weighted by Crippen LogP contribution is -2.48. The average molecular weight is 381 g/mol. The highest BCUT2D eigenvalue weighted by molar-refractivity contribution is 5.85. The van der Waals surface area contributed by atoms with Gasteiger partial charge < -0.3 is 20.9 Å². The summed E-state index contributed by atoms with van der Waals surface area (Å²) in [6.07, 6.45) is 6.08. The van der Waals surface area contributed by atoms with Crippen molar-refractivity contribution in [1.29, 1.82) is 0 Å². The number of hydrogen-bond donors (Lipinski definition) is 2. The van der Waals surface area contributed by atoms with Gasteiger partial charge >= 0.3 is 0 Å². The maximum atomic E-state index is 12.4. The minimum atomic E-state index is 0. The van der Waals surface area contributed by atoms with E-state index in [0.717, 1.165) is 32.2 Å². The van der Waals surface area contributed by atoms with Crippen LogP contribution in [0.25, 0.3) is 0 Å². The van der Waals surface area contributed by atoms with Crippen LogP contribution in [0.1, 0.15) is 32.1 Å². The minimum Gasteiger partial charge on any atom is -0.355 e. The Balaban J connectivity index is 0.00000144. The number of hydrogen-bond acceptors (Lipinski definition) is 4. The van der Waals surface area contributed by atoms with E-state index in [9.17, 15) is 4.79 Å². The summed E-state index contributed by atoms with van der Waals surface area (Å²) < 4.78 is 0. The van der Waals surface area contributed by atoms with E-state index in [-0.39, 0.29) is 42.7 Å². The number of carbonyl (C=O) groups excluding carboxylic acids is 1. The molecule has 4 atom stereocenters. The fourth-order valence-corrected chi connectivity index (χ4v) is 4.84. The number of amides is 1. The van der Waals surface area contributed by atoms with Gasteiger partial charge in [0, 0.05) is 25.2 Å². The Hall–Kier alpha value is -0.0700. The Morgan fingerprint density at radius 1 is 1.12 bits per heavy atom. The lowest BCUT2D eigenvalue weighted by atomic mass is 9.84. The van der Waals surface area contributed by atoms with E-state index in [1.807, 2.05) is 0 Å². The Kier molecular flexibility index (Phi) is 8.77. The highest BCUT2D eigenvalue weighted by Crippen LogP contribution is 2.47. The van der Waals surface area contributed by atoms with Crippen molar-refractivity contribution in [2.24, 2.45) is 23.5 Å². The Labute approximate surface area is 158 Å². The normalized spacial score (nSPS) is 33.2. The van der Waals surface area contributed by atoms with Crippen LogP contribution in [0.4, 0.5) is 0 Å². The van der Waals surface area contributed by atoms with Crippen molar-refractivity contribution < 1.29 is 4.79 Å². The summed E-state index contributed by atoms with van der Waals surface area (Å²) in [5.74, 6) is 1.45. The average Bonchev–Trinajstić information content (AvgIpc) is 3.08. The van der Waals surface area contributed by atoms with E-state index in [4.69, 9.17) is 5.73 Å². The topological polar surface area (TPSA) is 61.6 Å². The van der Waals surface area contributed by atoms with E-state index in [0.29, 0.717) is 11.8 Å². The number of carbonyl (C=O) groups is 1. The van der Waals surface area contributed by atoms with Crippen LogP contribution in [0.2, 0.25) is 0 Å². The van der Waals surface area contributed by atoms with Crippen LogP contribution >= 0.6 is 24.8 Å². The van der Waals surface area contributed by atoms with E-state index >= 15 is 0 Å². The van der Waals surface area contributed by atoms with E-state index in [1.54, 1.807) is 0 Å². The van der Waals surface area contributed by atoms with Crippen molar-refractivity contribution in [3.63, 3.8) is 0 Å². The van der Waals surface area contributed by atoms with Gasteiger partial charge in [-0.25, -0.2) is 0 Å². The van der Waals surface area contributed by atoms with E-state index < -0.39 is 0 Å². The molecule has 1 aliphatic heterocycles. The summed E-state index contributed by atoms with van der Waals surface area (Å²) in [6, 6.07) is 0.826. The standard InChI is InChI=1S/C17H32N4O.2ClH/c1-20(2)14-5-8-21(9-6-14)10-7-19-17(22)15-12-3-4-13(11-12)16(15)18;;/h12-16H,3-11,18H2,1-2H3,(H,19,22);2*1H. The van der Waals surface area contributed by atoms with Crippen LogP contribution in [-0.2, 0) is 4.79 Å². The number of rotatable bonds is 5. The fourth-order valence-electron chi connectivity index (χ4n) is 4.84. The Bertz CT molecular complexity index is 400. The molecule has 0 aromatic heterocycles. The van der Waals surface area contributed by atoms with Crippen LogP contribution in [0.3, 0.4) is 0 Å². The van der Waals surface area contributed by atoms with Gasteiger partial charge in [-0.15, -0.1) is 24.8 Å². The number of nitrogens with zero attached hydrogens (tertiary/aromatic N) is 2. The predicted molar refractivity (Wildman–Crippen MR) is 103 cm³/mol. The van der Waals surface area contributed by atoms with Gasteiger partial charge in [-0.05, 0) is 71.1 Å². The number of halogens is 2. The molecule has 0 aromatic carbocycles. The molecule has 3 N–H and O–H groups in total. The van der Waals surface area contributed by atoms with Crippen molar-refractivity contribution in [3.05, 3.63) is 0 Å². The summed E-state index contributed by atoms with van der Waals surface area (Å²) in [6.45, 7) is 4.03. The molecule has 2 saturated carbocycles. The molecular weight excluding hydrogens is 347 g/mol. The molecule has 142 valence electrons. The number of piperidine rings is 1. The highest BCUT2D eigenvalue weighted by Gasteiger charge is 2.48. The summed E-state index contributed by atoms with van der Waals surface area (Å²) in [5, 5.41) is 3.15. The highest BCUT2D eigenvalue weighted by atomic mass is 35.5. The van der Waals surface area contributed by atoms with Crippen LogP contribution in [0.15, 0.2) is 0 Å². The summed E-state index contributed by atoms with van der Waals surface area (Å²) >= 11 is 0. The van der Waals surface area contributed by atoms with Gasteiger partial charge in [-0.2, -0.15) is 0 Å². The first-order chi connectivity index (χ1) is 10.6. The zero-order valence-corrected chi connectivity index (χ0v) is 16.6. The zero-order valence-electron chi connectivity index (χ0n) is 14.9. The van der Waals surface area contributed by atoms with Crippen LogP contribution in [0.5, 0.6) is 0 Å². The molecule has 5 nitrogen and oxygen atoms in total. The fraction of sp³-hybridized carbons (Fsp3) is 0.941. The molecule has 24 heavy (non-hydrogen) atoms. The maximum Gasteiger partial charge on any atom is 0.225 e. The van der Waals surface area contributed by atoms with Gasteiger partial charge in [-0.3, -0.25) is 4.79 Å². The van der Waals surface area contributed by atoms with Crippen molar-refractivity contribution >= 4 is 30.7 Å². The monoisotopic (exact) mass is 380 g/mol. The summed E-state index contributed by atoms with van der Waals surface area (Å²) in [7, 11) is 4.33. The minimum absolute atomic E-state index is 0. The van der Waals surface area contributed by atoms with Gasteiger partial charge in [0.05, 0.1) is 5.92 Å². The second kappa shape index (κ2) is 9.58. The second-order valence-corrected chi connectivity index (χ2v) is 7.76. The van der Waals surface area contributed by atoms with Crippen LogP contribution in [-0.4, -0.2) is 68.1 Å². The molecule has 1 saturated heterocycles. The molecule has 4 unspecified atom stereocenters. The predicted octanol–water partition coefficient (Wildman–Crippen LogP) is 1.35. The zero-order chi connectivity index (χ0) is 15.7. The number of nitrogens with two attached hydrogens (primary N) is 1. The number of nitrogens with one attached hydrogen (secondary N) is 1. The van der Waals surface area contributed by atoms with Crippen molar-refractivity contribution in [1.82, 2.24) is 15.1 Å². The molecule has 3 fully saturated rings. The molecule has 1 amide bonds. The van der Waals surface area contributed by atoms with Gasteiger partial charge in [0.1, 0.15) is 0 Å². The van der Waals surface area contributed by atoms with Gasteiger partial charge in [0.25, 0.3) is 0 Å². The smallest absolute Gasteiger partial charge is 0.225 e. The summed E-state index contributed by atoms with van der Waals surface area (Å²) in [5.41, 5.74) is 6.25. The van der Waals surface area contributed by atoms with Crippen molar-refractivity contribution in [3.8, 4) is 0 Å². The van der Waals surface area contributed by atoms with Gasteiger partial charge in [0.2, 0.25) is 5.91 Å². The third-order valence-corrected chi connectivity index (χ3v) is 6.30. The molecule has 0 aromatic rings. The lowest BCUT2D eigenvalue weighted by Gasteiger charge is -2.35. The van der Waals surface area contributed by atoms with Gasteiger partial charge in [-0.1, -0.05) is 0 Å². The van der Waals surface area contributed by atoms with Crippen LogP contribution < -0.4 is 11.1 Å². The SMILES string of the molecule is CN(C)C1CCN(CCNC(=O)C2C3CCC(C3)C2N)CC1.Cl.Cl. The maximum absolute atomic E-state index is 12.4. The van der Waals surface area contributed by atoms with E-state index in [1.165, 1.54) is 32.1 Å². The Morgan fingerprint density at radius 2 is 1.75 bits per heavy atom. The molecule has 0 spiro atoms. The molecule has 2 aliphatic carbocycles. The molecule has 3 aliphatic rings. The Morgan fingerprint density at radius 3 is 2.29 bits per heavy atom. The summed E-state index contributed by atoms with van der Waals surface area (Å²) in [4.78, 5) is 17.2. The first-order valence-electron chi connectivity index (χ1n) is 8.98. The molecule has 2 bridgehead atoms. The largest absolute Gasteiger partial charge is 0.355 e. The van der Waals surface area contributed by atoms with Crippen LogP contribution in [0, 0.1) is 17.8 Å². The molecule has 1 heterocycles. The third kappa shape index (κ3) is 4.76. The lowest BCUT2D eigenvalue weighted by molar-refractivity contribution is -0.127. The third-order valence-electron chi connectivity index (χ3n) is 6.30.